The fourth-order valence-corrected chi connectivity index (χ4v) is 4.81. The van der Waals surface area contributed by atoms with Crippen molar-refractivity contribution in [2.24, 2.45) is 23.5 Å². The minimum absolute atomic E-state index is 0.0195. The van der Waals surface area contributed by atoms with E-state index in [1.165, 1.54) is 75.6 Å². The highest BCUT2D eigenvalue weighted by Crippen LogP contribution is 2.29. The molecular formula is C29H39NO6. The fourth-order valence-electron chi connectivity index (χ4n) is 4.81. The normalized spacial score (nSPS) is 23.3. The molecule has 36 heavy (non-hydrogen) atoms. The van der Waals surface area contributed by atoms with Crippen molar-refractivity contribution < 1.29 is 29.4 Å². The first-order valence-corrected chi connectivity index (χ1v) is 12.8. The number of carbonyl (C=O) groups is 4. The van der Waals surface area contributed by atoms with Crippen LogP contribution in [-0.2, 0) is 0 Å². The fraction of sp³-hybridized carbons (Fsp3) is 0.517. The molecular weight excluding hydrogens is 458 g/mol. The number of hydrogen-bond donors (Lipinski definition) is 3. The van der Waals surface area contributed by atoms with Crippen LogP contribution in [0.4, 0.5) is 0 Å². The van der Waals surface area contributed by atoms with Gasteiger partial charge in [-0.15, -0.1) is 0 Å². The number of hydrogen-bond acceptors (Lipinski definition) is 5. The molecule has 2 aromatic rings. The van der Waals surface area contributed by atoms with Gasteiger partial charge in [-0.3, -0.25) is 9.59 Å². The first-order valence-electron chi connectivity index (χ1n) is 12.8. The lowest BCUT2D eigenvalue weighted by Crippen LogP contribution is -2.25. The van der Waals surface area contributed by atoms with Crippen LogP contribution in [0.15, 0.2) is 24.3 Å². The standard InChI is InChI=1S/C14H8O6.C8H16.C7H15N/c15-5-7-1-3-9(13(17)18)12-8(6-16)2-4-10(11(7)12)14(19)20;1-7-3-5-8(2)6-4-7;1-6-2-4-7(8)5-3-6/h1-6H,(H,17,18)(H,19,20);7-8H,3-6H2,1-2H3;6-7H,2-5,8H2,1H3. The first-order chi connectivity index (χ1) is 17.1. The van der Waals surface area contributed by atoms with Gasteiger partial charge >= 0.3 is 11.9 Å². The second kappa shape index (κ2) is 13.9. The Bertz CT molecular complexity index is 958. The molecule has 0 radical (unpaired) electrons. The summed E-state index contributed by atoms with van der Waals surface area (Å²) in [5.74, 6) is 0.364. The minimum atomic E-state index is -1.31. The molecule has 2 aromatic carbocycles. The molecule has 0 spiro atoms. The highest BCUT2D eigenvalue weighted by atomic mass is 16.4. The minimum Gasteiger partial charge on any atom is -0.478 e. The van der Waals surface area contributed by atoms with Crippen molar-refractivity contribution in [3.8, 4) is 0 Å². The van der Waals surface area contributed by atoms with Crippen LogP contribution in [0, 0.1) is 17.8 Å². The molecule has 0 atom stereocenters. The second-order valence-electron chi connectivity index (χ2n) is 10.4. The van der Waals surface area contributed by atoms with Crippen molar-refractivity contribution in [2.75, 3.05) is 0 Å². The van der Waals surface area contributed by atoms with Crippen molar-refractivity contribution in [1.29, 1.82) is 0 Å². The third kappa shape index (κ3) is 7.98. The molecule has 2 aliphatic carbocycles. The zero-order chi connectivity index (χ0) is 26.8. The van der Waals surface area contributed by atoms with Gasteiger partial charge < -0.3 is 15.9 Å². The zero-order valence-electron chi connectivity index (χ0n) is 21.5. The average molecular weight is 498 g/mol. The topological polar surface area (TPSA) is 135 Å². The van der Waals surface area contributed by atoms with Gasteiger partial charge in [-0.1, -0.05) is 58.6 Å². The molecule has 0 unspecified atom stereocenters. The first kappa shape index (κ1) is 29.2. The molecule has 7 nitrogen and oxygen atoms in total. The van der Waals surface area contributed by atoms with Crippen molar-refractivity contribution in [3.05, 3.63) is 46.5 Å². The summed E-state index contributed by atoms with van der Waals surface area (Å²) in [6, 6.07) is 5.31. The van der Waals surface area contributed by atoms with E-state index in [0.717, 1.165) is 17.8 Å². The summed E-state index contributed by atoms with van der Waals surface area (Å²) < 4.78 is 0. The summed E-state index contributed by atoms with van der Waals surface area (Å²) in [5.41, 5.74) is 5.28. The third-order valence-corrected chi connectivity index (χ3v) is 7.30. The van der Waals surface area contributed by atoms with Gasteiger partial charge in [0.25, 0.3) is 0 Å². The molecule has 2 fully saturated rings. The highest BCUT2D eigenvalue weighted by molar-refractivity contribution is 6.19. The Hall–Kier alpha value is -3.06. The van der Waals surface area contributed by atoms with Crippen LogP contribution < -0.4 is 5.73 Å². The number of carboxylic acid groups (broad SMARTS) is 2. The van der Waals surface area contributed by atoms with Crippen LogP contribution >= 0.6 is 0 Å². The van der Waals surface area contributed by atoms with Crippen molar-refractivity contribution in [2.45, 2.75) is 78.2 Å². The van der Waals surface area contributed by atoms with Gasteiger partial charge in [-0.2, -0.15) is 0 Å². The maximum atomic E-state index is 11.2. The highest BCUT2D eigenvalue weighted by Gasteiger charge is 2.20. The van der Waals surface area contributed by atoms with E-state index in [0.29, 0.717) is 18.6 Å². The molecule has 0 heterocycles. The SMILES string of the molecule is CC1CCC(C)CC1.CC1CCC(N)CC1.O=Cc1ccc(C(=O)O)c2c(C=O)ccc(C(=O)O)c12. The van der Waals surface area contributed by atoms with E-state index in [2.05, 4.69) is 20.8 Å². The van der Waals surface area contributed by atoms with Gasteiger partial charge in [0.1, 0.15) is 0 Å². The Morgan fingerprint density at radius 3 is 1.22 bits per heavy atom. The lowest BCUT2D eigenvalue weighted by Gasteiger charge is -2.22. The Balaban J connectivity index is 0.000000232. The number of carbonyl (C=O) groups excluding carboxylic acids is 2. The summed E-state index contributed by atoms with van der Waals surface area (Å²) in [6.07, 6.45) is 11.9. The third-order valence-electron chi connectivity index (χ3n) is 7.30. The van der Waals surface area contributed by atoms with Gasteiger partial charge in [0.05, 0.1) is 11.1 Å². The van der Waals surface area contributed by atoms with Crippen LogP contribution in [0.5, 0.6) is 0 Å². The molecule has 0 amide bonds. The van der Waals surface area contributed by atoms with Gasteiger partial charge in [0.15, 0.2) is 12.6 Å². The maximum absolute atomic E-state index is 11.2. The average Bonchev–Trinajstić information content (AvgIpc) is 2.86. The summed E-state index contributed by atoms with van der Waals surface area (Å²) in [4.78, 5) is 44.5. The van der Waals surface area contributed by atoms with Gasteiger partial charge in [-0.25, -0.2) is 9.59 Å². The molecule has 2 saturated carbocycles. The molecule has 2 aliphatic rings. The van der Waals surface area contributed by atoms with Crippen LogP contribution in [0.2, 0.25) is 0 Å². The lowest BCUT2D eigenvalue weighted by molar-refractivity contribution is 0.0686. The Kier molecular flexibility index (Phi) is 11.2. The van der Waals surface area contributed by atoms with E-state index in [1.807, 2.05) is 0 Å². The van der Waals surface area contributed by atoms with E-state index in [-0.39, 0.29) is 33.0 Å². The van der Waals surface area contributed by atoms with Crippen LogP contribution in [0.25, 0.3) is 10.8 Å². The number of fused-ring (bicyclic) bond motifs is 1. The van der Waals surface area contributed by atoms with Gasteiger partial charge in [0.2, 0.25) is 0 Å². The molecule has 0 bridgehead atoms. The van der Waals surface area contributed by atoms with E-state index >= 15 is 0 Å². The lowest BCUT2D eigenvalue weighted by atomic mass is 9.84. The van der Waals surface area contributed by atoms with E-state index in [1.54, 1.807) is 0 Å². The number of carboxylic acids is 2. The number of aldehydes is 2. The van der Waals surface area contributed by atoms with E-state index < -0.39 is 11.9 Å². The number of aromatic carboxylic acids is 2. The number of rotatable bonds is 4. The molecule has 196 valence electrons. The Labute approximate surface area is 213 Å². The van der Waals surface area contributed by atoms with E-state index in [9.17, 15) is 19.2 Å². The van der Waals surface area contributed by atoms with E-state index in [4.69, 9.17) is 15.9 Å². The second-order valence-corrected chi connectivity index (χ2v) is 10.4. The van der Waals surface area contributed by atoms with Crippen LogP contribution in [0.1, 0.15) is 114 Å². The van der Waals surface area contributed by atoms with Gasteiger partial charge in [0, 0.05) is 27.9 Å². The zero-order valence-corrected chi connectivity index (χ0v) is 21.5. The molecule has 0 saturated heterocycles. The van der Waals surface area contributed by atoms with Crippen LogP contribution in [-0.4, -0.2) is 40.8 Å². The number of benzene rings is 2. The predicted octanol–water partition coefficient (Wildman–Crippen LogP) is 6.22. The summed E-state index contributed by atoms with van der Waals surface area (Å²) >= 11 is 0. The smallest absolute Gasteiger partial charge is 0.336 e. The summed E-state index contributed by atoms with van der Waals surface area (Å²) in [7, 11) is 0. The largest absolute Gasteiger partial charge is 0.478 e. The molecule has 4 N–H and O–H groups in total. The molecule has 4 rings (SSSR count). The maximum Gasteiger partial charge on any atom is 0.336 e. The quantitative estimate of drug-likeness (QED) is 0.427. The molecule has 7 heteroatoms. The monoisotopic (exact) mass is 497 g/mol. The molecule has 0 aromatic heterocycles. The van der Waals surface area contributed by atoms with Crippen molar-refractivity contribution in [3.63, 3.8) is 0 Å². The summed E-state index contributed by atoms with van der Waals surface area (Å²) in [6.45, 7) is 7.05. The van der Waals surface area contributed by atoms with Crippen LogP contribution in [0.3, 0.4) is 0 Å². The Morgan fingerprint density at radius 1 is 0.667 bits per heavy atom. The predicted molar refractivity (Wildman–Crippen MR) is 141 cm³/mol. The molecule has 0 aliphatic heterocycles. The number of nitrogens with two attached hydrogens (primary N) is 1. The summed E-state index contributed by atoms with van der Waals surface area (Å²) in [5, 5.41) is 18.2. The Morgan fingerprint density at radius 2 is 0.972 bits per heavy atom. The van der Waals surface area contributed by atoms with Crippen molar-refractivity contribution >= 4 is 35.3 Å². The van der Waals surface area contributed by atoms with Crippen molar-refractivity contribution in [1.82, 2.24) is 0 Å². The van der Waals surface area contributed by atoms with Gasteiger partial charge in [-0.05, 0) is 55.6 Å².